The van der Waals surface area contributed by atoms with Crippen LogP contribution in [0.5, 0.6) is 0 Å². The highest BCUT2D eigenvalue weighted by Crippen LogP contribution is 2.17. The Morgan fingerprint density at radius 3 is 2.65 bits per heavy atom. The molecule has 0 aliphatic carbocycles. The van der Waals surface area contributed by atoms with E-state index in [9.17, 15) is 8.42 Å². The molecule has 8 heteroatoms. The first-order valence-corrected chi connectivity index (χ1v) is 7.02. The summed E-state index contributed by atoms with van der Waals surface area (Å²) in [6, 6.07) is 0. The SMILES string of the molecule is CN(C)CCCNS(=O)(=O)c1ncn(C)c1Cl. The maximum Gasteiger partial charge on any atom is 0.261 e. The second-order valence-corrected chi connectivity index (χ2v) is 6.05. The Hall–Kier alpha value is -0.630. The minimum Gasteiger partial charge on any atom is -0.324 e. The van der Waals surface area contributed by atoms with Crippen LogP contribution in [0.25, 0.3) is 0 Å². The van der Waals surface area contributed by atoms with Crippen LogP contribution < -0.4 is 4.72 Å². The second-order valence-electron chi connectivity index (χ2n) is 4.01. The number of aromatic nitrogens is 2. The Morgan fingerprint density at radius 1 is 1.53 bits per heavy atom. The molecule has 0 aliphatic heterocycles. The van der Waals surface area contributed by atoms with Crippen molar-refractivity contribution in [3.05, 3.63) is 11.5 Å². The number of hydrogen-bond donors (Lipinski definition) is 1. The Balaban J connectivity index is 2.61. The first kappa shape index (κ1) is 14.4. The summed E-state index contributed by atoms with van der Waals surface area (Å²) in [5.41, 5.74) is 0. The molecule has 0 fully saturated rings. The van der Waals surface area contributed by atoms with Crippen LogP contribution in [-0.2, 0) is 17.1 Å². The highest BCUT2D eigenvalue weighted by Gasteiger charge is 2.21. The average molecular weight is 281 g/mol. The van der Waals surface area contributed by atoms with Crippen molar-refractivity contribution in [3.8, 4) is 0 Å². The van der Waals surface area contributed by atoms with Gasteiger partial charge in [0, 0.05) is 13.6 Å². The summed E-state index contributed by atoms with van der Waals surface area (Å²) < 4.78 is 27.6. The Labute approximate surface area is 107 Å². The van der Waals surface area contributed by atoms with E-state index in [0.29, 0.717) is 6.54 Å². The molecule has 1 heterocycles. The van der Waals surface area contributed by atoms with Gasteiger partial charge in [0.05, 0.1) is 6.33 Å². The van der Waals surface area contributed by atoms with Gasteiger partial charge in [-0.1, -0.05) is 11.6 Å². The van der Waals surface area contributed by atoms with Crippen LogP contribution in [-0.4, -0.2) is 50.1 Å². The highest BCUT2D eigenvalue weighted by molar-refractivity contribution is 7.89. The molecule has 0 atom stereocenters. The molecule has 0 saturated carbocycles. The zero-order valence-electron chi connectivity index (χ0n) is 10.1. The minimum atomic E-state index is -3.60. The second kappa shape index (κ2) is 5.81. The van der Waals surface area contributed by atoms with Gasteiger partial charge in [-0.15, -0.1) is 0 Å². The van der Waals surface area contributed by atoms with Crippen LogP contribution in [0, 0.1) is 0 Å². The van der Waals surface area contributed by atoms with Crippen molar-refractivity contribution < 1.29 is 8.42 Å². The van der Waals surface area contributed by atoms with Crippen LogP contribution in [0.3, 0.4) is 0 Å². The number of aryl methyl sites for hydroxylation is 1. The zero-order chi connectivity index (χ0) is 13.1. The standard InChI is InChI=1S/C9H17ClN4O2S/c1-13(2)6-4-5-12-17(15,16)9-8(10)14(3)7-11-9/h7,12H,4-6H2,1-3H3. The molecule has 0 spiro atoms. The lowest BCUT2D eigenvalue weighted by Crippen LogP contribution is -2.27. The molecule has 0 aliphatic rings. The molecule has 1 aromatic heterocycles. The van der Waals surface area contributed by atoms with E-state index in [1.165, 1.54) is 10.9 Å². The van der Waals surface area contributed by atoms with E-state index in [1.54, 1.807) is 7.05 Å². The summed E-state index contributed by atoms with van der Waals surface area (Å²) in [6.45, 7) is 1.19. The van der Waals surface area contributed by atoms with E-state index in [-0.39, 0.29) is 10.2 Å². The average Bonchev–Trinajstić information content (AvgIpc) is 2.55. The van der Waals surface area contributed by atoms with E-state index in [2.05, 4.69) is 9.71 Å². The van der Waals surface area contributed by atoms with E-state index >= 15 is 0 Å². The molecule has 0 unspecified atom stereocenters. The summed E-state index contributed by atoms with van der Waals surface area (Å²) in [6.07, 6.45) is 2.10. The summed E-state index contributed by atoms with van der Waals surface area (Å²) in [5, 5.41) is -0.00312. The van der Waals surface area contributed by atoms with E-state index in [0.717, 1.165) is 13.0 Å². The Bertz CT molecular complexity index is 469. The van der Waals surface area contributed by atoms with Gasteiger partial charge in [0.25, 0.3) is 10.0 Å². The molecule has 6 nitrogen and oxygen atoms in total. The maximum absolute atomic E-state index is 11.8. The smallest absolute Gasteiger partial charge is 0.261 e. The fourth-order valence-electron chi connectivity index (χ4n) is 1.24. The Kier molecular flexibility index (Phi) is 4.93. The number of halogens is 1. The lowest BCUT2D eigenvalue weighted by molar-refractivity contribution is 0.400. The third-order valence-corrected chi connectivity index (χ3v) is 4.11. The third kappa shape index (κ3) is 3.95. The molecule has 98 valence electrons. The molecule has 1 rings (SSSR count). The van der Waals surface area contributed by atoms with Crippen LogP contribution in [0.15, 0.2) is 11.4 Å². The van der Waals surface area contributed by atoms with Crippen LogP contribution in [0.2, 0.25) is 5.15 Å². The zero-order valence-corrected chi connectivity index (χ0v) is 11.7. The number of nitrogens with zero attached hydrogens (tertiary/aromatic N) is 3. The minimum absolute atomic E-state index is 0.116. The van der Waals surface area contributed by atoms with Crippen molar-refractivity contribution in [2.45, 2.75) is 11.4 Å². The van der Waals surface area contributed by atoms with Crippen molar-refractivity contribution in [2.75, 3.05) is 27.2 Å². The van der Waals surface area contributed by atoms with E-state index < -0.39 is 10.0 Å². The summed E-state index contributed by atoms with van der Waals surface area (Å²) >= 11 is 5.83. The van der Waals surface area contributed by atoms with Gasteiger partial charge >= 0.3 is 0 Å². The van der Waals surface area contributed by atoms with Crippen molar-refractivity contribution in [1.82, 2.24) is 19.2 Å². The van der Waals surface area contributed by atoms with Crippen LogP contribution >= 0.6 is 11.6 Å². The normalized spacial score (nSPS) is 12.3. The van der Waals surface area contributed by atoms with Gasteiger partial charge in [-0.2, -0.15) is 0 Å². The predicted octanol–water partition coefficient (Wildman–Crippen LogP) is 0.303. The maximum atomic E-state index is 11.8. The summed E-state index contributed by atoms with van der Waals surface area (Å²) in [7, 11) is 1.91. The van der Waals surface area contributed by atoms with Crippen molar-refractivity contribution in [2.24, 2.45) is 7.05 Å². The number of sulfonamides is 1. The predicted molar refractivity (Wildman–Crippen MR) is 66.6 cm³/mol. The first-order chi connectivity index (χ1) is 7.84. The molecular weight excluding hydrogens is 264 g/mol. The number of rotatable bonds is 6. The summed E-state index contributed by atoms with van der Waals surface area (Å²) in [4.78, 5) is 5.76. The van der Waals surface area contributed by atoms with Crippen molar-refractivity contribution in [3.63, 3.8) is 0 Å². The molecular formula is C9H17ClN4O2S. The lowest BCUT2D eigenvalue weighted by Gasteiger charge is -2.09. The molecule has 0 saturated heterocycles. The van der Waals surface area contributed by atoms with Gasteiger partial charge in [-0.3, -0.25) is 0 Å². The van der Waals surface area contributed by atoms with Gasteiger partial charge in [0.15, 0.2) is 0 Å². The van der Waals surface area contributed by atoms with Gasteiger partial charge < -0.3 is 9.47 Å². The van der Waals surface area contributed by atoms with E-state index in [4.69, 9.17) is 11.6 Å². The highest BCUT2D eigenvalue weighted by atomic mass is 35.5. The largest absolute Gasteiger partial charge is 0.324 e. The molecule has 0 amide bonds. The van der Waals surface area contributed by atoms with Crippen molar-refractivity contribution in [1.29, 1.82) is 0 Å². The van der Waals surface area contributed by atoms with Crippen molar-refractivity contribution >= 4 is 21.6 Å². The molecule has 1 N–H and O–H groups in total. The topological polar surface area (TPSA) is 67.2 Å². The van der Waals surface area contributed by atoms with Crippen LogP contribution in [0.1, 0.15) is 6.42 Å². The summed E-state index contributed by atoms with van der Waals surface area (Å²) in [5.74, 6) is 0. The molecule has 0 radical (unpaired) electrons. The van der Waals surface area contributed by atoms with Gasteiger partial charge in [-0.25, -0.2) is 18.1 Å². The number of hydrogen-bond acceptors (Lipinski definition) is 4. The van der Waals surface area contributed by atoms with Gasteiger partial charge in [0.2, 0.25) is 5.03 Å². The van der Waals surface area contributed by atoms with E-state index in [1.807, 2.05) is 19.0 Å². The monoisotopic (exact) mass is 280 g/mol. The quantitative estimate of drug-likeness (QED) is 0.762. The van der Waals surface area contributed by atoms with Gasteiger partial charge in [-0.05, 0) is 27.1 Å². The fraction of sp³-hybridized carbons (Fsp3) is 0.667. The van der Waals surface area contributed by atoms with Gasteiger partial charge in [0.1, 0.15) is 5.15 Å². The molecule has 0 aromatic carbocycles. The number of imidazole rings is 1. The van der Waals surface area contributed by atoms with Crippen LogP contribution in [0.4, 0.5) is 0 Å². The molecule has 0 bridgehead atoms. The number of nitrogens with one attached hydrogen (secondary N) is 1. The molecule has 1 aromatic rings. The molecule has 17 heavy (non-hydrogen) atoms. The lowest BCUT2D eigenvalue weighted by atomic mass is 10.4. The third-order valence-electron chi connectivity index (χ3n) is 2.16. The first-order valence-electron chi connectivity index (χ1n) is 5.16. The fourth-order valence-corrected chi connectivity index (χ4v) is 2.74. The Morgan fingerprint density at radius 2 is 2.18 bits per heavy atom.